The fourth-order valence-electron chi connectivity index (χ4n) is 10.5. The topological polar surface area (TPSA) is 237 Å². The van der Waals surface area contributed by atoms with Gasteiger partial charge in [-0.05, 0) is 25.7 Å². The van der Waals surface area contributed by atoms with Gasteiger partial charge in [-0.2, -0.15) is 0 Å². The lowest BCUT2D eigenvalue weighted by Crippen LogP contribution is -2.30. The van der Waals surface area contributed by atoms with Gasteiger partial charge >= 0.3 is 39.5 Å². The third-order valence-corrected chi connectivity index (χ3v) is 18.0. The van der Waals surface area contributed by atoms with Gasteiger partial charge in [0, 0.05) is 25.7 Å². The van der Waals surface area contributed by atoms with Gasteiger partial charge in [0.05, 0.1) is 26.4 Å². The van der Waals surface area contributed by atoms with Crippen LogP contribution in [0.25, 0.3) is 0 Å². The quantitative estimate of drug-likeness (QED) is 0.0222. The molecule has 0 saturated carbocycles. The number of phosphoric acid groups is 2. The number of phosphoric ester groups is 2. The molecule has 0 fully saturated rings. The molecule has 0 radical (unpaired) electrons. The summed E-state index contributed by atoms with van der Waals surface area (Å²) in [5.74, 6) is -2.12. The molecule has 0 aliphatic carbocycles. The van der Waals surface area contributed by atoms with Crippen LogP contribution in [0.4, 0.5) is 0 Å². The molecule has 0 aliphatic heterocycles. The summed E-state index contributed by atoms with van der Waals surface area (Å²) in [5.41, 5.74) is 0. The fraction of sp³-hybridized carbons (Fsp3) is 0.942. The zero-order chi connectivity index (χ0) is 64.7. The molecule has 0 aromatic rings. The van der Waals surface area contributed by atoms with Crippen molar-refractivity contribution in [1.82, 2.24) is 0 Å². The van der Waals surface area contributed by atoms with Crippen LogP contribution in [0.1, 0.15) is 362 Å². The van der Waals surface area contributed by atoms with Crippen LogP contribution in [0.15, 0.2) is 0 Å². The van der Waals surface area contributed by atoms with E-state index >= 15 is 0 Å². The zero-order valence-electron chi connectivity index (χ0n) is 56.7. The molecular weight excluding hydrogens is 1160 g/mol. The second-order valence-corrected chi connectivity index (χ2v) is 27.8. The number of aliphatic hydroxyl groups excluding tert-OH is 1. The zero-order valence-corrected chi connectivity index (χ0v) is 58.5. The van der Waals surface area contributed by atoms with Crippen LogP contribution in [-0.4, -0.2) is 96.7 Å². The summed E-state index contributed by atoms with van der Waals surface area (Å²) in [6.45, 7) is 4.94. The Morgan fingerprint density at radius 2 is 0.455 bits per heavy atom. The van der Waals surface area contributed by atoms with Crippen LogP contribution < -0.4 is 0 Å². The summed E-state index contributed by atoms with van der Waals surface area (Å²) in [4.78, 5) is 72.5. The standard InChI is InChI=1S/C69H134O17P2/c1-5-9-13-17-21-25-29-32-33-36-40-44-48-52-56-69(74)86-65(60-80-67(72)54-50-46-42-38-34-30-26-22-18-14-10-6-2)62-84-88(77,78)82-58-63(70)57-81-87(75,76)83-61-64(59-79-66(71)53-49-45-41-37-28-24-20-16-12-8-4)85-68(73)55-51-47-43-39-35-31-27-23-19-15-11-7-3/h63-65,70H,5-62H2,1-4H3,(H,75,76)(H,77,78)/t63-,64+,65+/m0/s1. The van der Waals surface area contributed by atoms with E-state index in [1.165, 1.54) is 193 Å². The molecule has 3 N–H and O–H groups in total. The van der Waals surface area contributed by atoms with Gasteiger partial charge in [0.2, 0.25) is 0 Å². The van der Waals surface area contributed by atoms with Crippen molar-refractivity contribution in [3.8, 4) is 0 Å². The van der Waals surface area contributed by atoms with Crippen molar-refractivity contribution >= 4 is 39.5 Å². The maximum atomic E-state index is 13.0. The van der Waals surface area contributed by atoms with Gasteiger partial charge in [-0.25, -0.2) is 9.13 Å². The summed E-state index contributed by atoms with van der Waals surface area (Å²) in [5, 5.41) is 10.6. The number of aliphatic hydroxyl groups is 1. The van der Waals surface area contributed by atoms with Crippen LogP contribution in [0, 0.1) is 0 Å². The first-order valence-electron chi connectivity index (χ1n) is 36.3. The molecular formula is C69H134O17P2. The van der Waals surface area contributed by atoms with Gasteiger partial charge in [-0.3, -0.25) is 37.3 Å². The molecule has 19 heteroatoms. The summed E-state index contributed by atoms with van der Waals surface area (Å²) < 4.78 is 68.2. The van der Waals surface area contributed by atoms with E-state index in [2.05, 4.69) is 27.7 Å². The monoisotopic (exact) mass is 1300 g/mol. The van der Waals surface area contributed by atoms with Gasteiger partial charge in [-0.1, -0.05) is 310 Å². The molecule has 2 unspecified atom stereocenters. The van der Waals surface area contributed by atoms with E-state index in [1.54, 1.807) is 0 Å². The maximum absolute atomic E-state index is 13.0. The van der Waals surface area contributed by atoms with E-state index in [0.29, 0.717) is 25.7 Å². The molecule has 0 aromatic carbocycles. The van der Waals surface area contributed by atoms with E-state index in [-0.39, 0.29) is 25.7 Å². The summed E-state index contributed by atoms with van der Waals surface area (Å²) in [6, 6.07) is 0. The Kier molecular flexibility index (Phi) is 62.4. The summed E-state index contributed by atoms with van der Waals surface area (Å²) in [6.07, 6.45) is 51.1. The first kappa shape index (κ1) is 86.1. The van der Waals surface area contributed by atoms with Gasteiger partial charge in [-0.15, -0.1) is 0 Å². The lowest BCUT2D eigenvalue weighted by Gasteiger charge is -2.21. The smallest absolute Gasteiger partial charge is 0.462 e. The minimum atomic E-state index is -4.95. The minimum absolute atomic E-state index is 0.108. The number of esters is 4. The molecule has 0 bridgehead atoms. The van der Waals surface area contributed by atoms with E-state index in [9.17, 15) is 43.2 Å². The first-order chi connectivity index (χ1) is 42.7. The molecule has 0 spiro atoms. The number of hydrogen-bond acceptors (Lipinski definition) is 15. The van der Waals surface area contributed by atoms with Gasteiger partial charge in [0.25, 0.3) is 0 Å². The second kappa shape index (κ2) is 63.8. The summed E-state index contributed by atoms with van der Waals surface area (Å²) >= 11 is 0. The third-order valence-electron chi connectivity index (χ3n) is 16.1. The van der Waals surface area contributed by atoms with Crippen LogP contribution in [0.3, 0.4) is 0 Å². The molecule has 522 valence electrons. The van der Waals surface area contributed by atoms with Crippen molar-refractivity contribution < 1.29 is 80.2 Å². The Balaban J connectivity index is 5.24. The predicted octanol–water partition coefficient (Wildman–Crippen LogP) is 19.9. The van der Waals surface area contributed by atoms with Crippen molar-refractivity contribution in [3.05, 3.63) is 0 Å². The van der Waals surface area contributed by atoms with Gasteiger partial charge in [0.15, 0.2) is 12.2 Å². The van der Waals surface area contributed by atoms with Gasteiger partial charge < -0.3 is 33.8 Å². The average Bonchev–Trinajstić information content (AvgIpc) is 3.62. The first-order valence-corrected chi connectivity index (χ1v) is 39.3. The van der Waals surface area contributed by atoms with E-state index in [4.69, 9.17) is 37.0 Å². The second-order valence-electron chi connectivity index (χ2n) is 24.9. The number of unbranched alkanes of at least 4 members (excludes halogenated alkanes) is 44. The Labute approximate surface area is 537 Å². The molecule has 0 heterocycles. The van der Waals surface area contributed by atoms with E-state index in [1.807, 2.05) is 0 Å². The largest absolute Gasteiger partial charge is 0.472 e. The lowest BCUT2D eigenvalue weighted by atomic mass is 10.0. The summed E-state index contributed by atoms with van der Waals surface area (Å²) in [7, 11) is -9.89. The minimum Gasteiger partial charge on any atom is -0.462 e. The highest BCUT2D eigenvalue weighted by Gasteiger charge is 2.30. The van der Waals surface area contributed by atoms with E-state index < -0.39 is 97.5 Å². The van der Waals surface area contributed by atoms with E-state index in [0.717, 1.165) is 89.9 Å². The van der Waals surface area contributed by atoms with Crippen molar-refractivity contribution in [3.63, 3.8) is 0 Å². The molecule has 5 atom stereocenters. The third kappa shape index (κ3) is 62.8. The fourth-order valence-corrected chi connectivity index (χ4v) is 12.1. The highest BCUT2D eigenvalue weighted by Crippen LogP contribution is 2.45. The number of ether oxygens (including phenoxy) is 4. The van der Waals surface area contributed by atoms with Crippen LogP contribution in [0.5, 0.6) is 0 Å². The molecule has 0 aromatic heterocycles. The highest BCUT2D eigenvalue weighted by molar-refractivity contribution is 7.47. The molecule has 17 nitrogen and oxygen atoms in total. The van der Waals surface area contributed by atoms with Crippen molar-refractivity contribution in [2.24, 2.45) is 0 Å². The molecule has 0 amide bonds. The van der Waals surface area contributed by atoms with Crippen molar-refractivity contribution in [2.45, 2.75) is 380 Å². The van der Waals surface area contributed by atoms with Crippen molar-refractivity contribution in [2.75, 3.05) is 39.6 Å². The maximum Gasteiger partial charge on any atom is 0.472 e. The van der Waals surface area contributed by atoms with Gasteiger partial charge in [0.1, 0.15) is 19.3 Å². The van der Waals surface area contributed by atoms with Crippen LogP contribution >= 0.6 is 15.6 Å². The lowest BCUT2D eigenvalue weighted by molar-refractivity contribution is -0.161. The number of carbonyl (C=O) groups is 4. The molecule has 88 heavy (non-hydrogen) atoms. The normalized spacial score (nSPS) is 14.0. The Bertz CT molecular complexity index is 1690. The Hall–Kier alpha value is -1.94. The molecule has 0 saturated heterocycles. The Morgan fingerprint density at radius 1 is 0.273 bits per heavy atom. The SMILES string of the molecule is CCCCCCCCCCCCCCCCC(=O)O[C@H](COC(=O)CCCCCCCCCCCCCC)COP(=O)(O)OC[C@@H](O)COP(=O)(O)OC[C@@H](COC(=O)CCCCCCCCCCCC)OC(=O)CCCCCCCCCCCCCC. The number of carbonyl (C=O) groups excluding carboxylic acids is 4. The predicted molar refractivity (Wildman–Crippen MR) is 354 cm³/mol. The number of rotatable bonds is 70. The molecule has 0 aliphatic rings. The molecule has 0 rings (SSSR count). The van der Waals surface area contributed by atoms with Crippen LogP contribution in [0.2, 0.25) is 0 Å². The van der Waals surface area contributed by atoms with Crippen LogP contribution in [-0.2, 0) is 65.4 Å². The number of hydrogen-bond donors (Lipinski definition) is 3. The van der Waals surface area contributed by atoms with Crippen molar-refractivity contribution in [1.29, 1.82) is 0 Å². The highest BCUT2D eigenvalue weighted by atomic mass is 31.2. The average molecular weight is 1300 g/mol. The Morgan fingerprint density at radius 3 is 0.670 bits per heavy atom.